The first-order valence-electron chi connectivity index (χ1n) is 13.3. The number of carbonyl (C=O) groups is 2. The molecule has 2 atom stereocenters. The monoisotopic (exact) mass is 532 g/mol. The van der Waals surface area contributed by atoms with Crippen molar-refractivity contribution in [1.82, 2.24) is 0 Å². The van der Waals surface area contributed by atoms with Crippen LogP contribution in [0.1, 0.15) is 39.6 Å². The zero-order valence-electron chi connectivity index (χ0n) is 21.8. The average molecular weight is 533 g/mol. The Bertz CT molecular complexity index is 1550. The van der Waals surface area contributed by atoms with E-state index in [4.69, 9.17) is 19.6 Å². The number of amides is 2. The van der Waals surface area contributed by atoms with E-state index in [0.29, 0.717) is 41.5 Å². The number of nitrogens with zero attached hydrogens (tertiary/aromatic N) is 2. The minimum absolute atomic E-state index is 0.0621. The lowest BCUT2D eigenvalue weighted by Crippen LogP contribution is -2.57. The molecule has 0 fully saturated rings. The summed E-state index contributed by atoms with van der Waals surface area (Å²) in [6, 6.07) is 33.1. The molecular formula is C33H28N2O5. The van der Waals surface area contributed by atoms with Crippen LogP contribution >= 0.6 is 0 Å². The van der Waals surface area contributed by atoms with Gasteiger partial charge in [0.25, 0.3) is 11.8 Å². The van der Waals surface area contributed by atoms with E-state index >= 15 is 0 Å². The molecule has 2 unspecified atom stereocenters. The maximum atomic E-state index is 14.6. The first-order chi connectivity index (χ1) is 19.6. The summed E-state index contributed by atoms with van der Waals surface area (Å²) in [5, 5.41) is 9.01. The highest BCUT2D eigenvalue weighted by Gasteiger charge is 2.58. The molecule has 0 aromatic heterocycles. The van der Waals surface area contributed by atoms with E-state index in [-0.39, 0.29) is 13.0 Å². The molecule has 1 N–H and O–H groups in total. The molecule has 0 aliphatic carbocycles. The Morgan fingerprint density at radius 1 is 0.925 bits per heavy atom. The molecule has 4 aromatic carbocycles. The number of para-hydroxylation sites is 1. The van der Waals surface area contributed by atoms with E-state index < -0.39 is 23.5 Å². The van der Waals surface area contributed by atoms with Crippen LogP contribution < -0.4 is 9.64 Å². The molecule has 2 amide bonds. The van der Waals surface area contributed by atoms with Crippen molar-refractivity contribution in [2.24, 2.45) is 4.99 Å². The van der Waals surface area contributed by atoms with Gasteiger partial charge in [0.05, 0.1) is 12.3 Å². The third kappa shape index (κ3) is 4.54. The smallest absolute Gasteiger partial charge is 0.266 e. The van der Waals surface area contributed by atoms with Gasteiger partial charge in [0.1, 0.15) is 5.75 Å². The lowest BCUT2D eigenvalue weighted by Gasteiger charge is -2.39. The zero-order chi connectivity index (χ0) is 27.5. The Kier molecular flexibility index (Phi) is 6.88. The van der Waals surface area contributed by atoms with Gasteiger partial charge < -0.3 is 14.6 Å². The highest BCUT2D eigenvalue weighted by atomic mass is 16.5. The highest BCUT2D eigenvalue weighted by molar-refractivity contribution is 6.25. The molecule has 6 rings (SSSR count). The summed E-state index contributed by atoms with van der Waals surface area (Å²) in [6.45, 7) is 0.471. The summed E-state index contributed by atoms with van der Waals surface area (Å²) in [6.07, 6.45) is 0.0863. The molecule has 0 saturated heterocycles. The molecule has 4 aromatic rings. The van der Waals surface area contributed by atoms with Crippen LogP contribution in [0.4, 0.5) is 5.69 Å². The molecular weight excluding hydrogens is 504 g/mol. The summed E-state index contributed by atoms with van der Waals surface area (Å²) in [5.74, 6) is 0.160. The molecule has 40 heavy (non-hydrogen) atoms. The maximum Gasteiger partial charge on any atom is 0.266 e. The van der Waals surface area contributed by atoms with Crippen molar-refractivity contribution in [3.8, 4) is 5.75 Å². The standard InChI is InChI=1S/C33H28N2O5/c36-20-9-21-39-27-18-16-24(17-19-27)30-34-33(29(40-30)23-10-3-1-4-11-23)22-26-14-7-8-15-28(26)35(32(33)38)31(37)25-12-5-2-6-13-25/h1-8,10-19,29,36H,9,20-22H2. The molecule has 7 nitrogen and oxygen atoms in total. The van der Waals surface area contributed by atoms with Gasteiger partial charge in [-0.05, 0) is 53.6 Å². The van der Waals surface area contributed by atoms with Crippen LogP contribution in [-0.4, -0.2) is 41.6 Å². The van der Waals surface area contributed by atoms with Gasteiger partial charge in [0, 0.05) is 30.6 Å². The van der Waals surface area contributed by atoms with Gasteiger partial charge in [-0.25, -0.2) is 9.89 Å². The van der Waals surface area contributed by atoms with Crippen molar-refractivity contribution < 1.29 is 24.2 Å². The Balaban J connectivity index is 1.45. The Hall–Kier alpha value is -4.75. The van der Waals surface area contributed by atoms with Crippen LogP contribution in [0.5, 0.6) is 5.75 Å². The molecule has 2 aliphatic rings. The van der Waals surface area contributed by atoms with Gasteiger partial charge in [0.2, 0.25) is 5.90 Å². The number of aliphatic hydroxyl groups excluding tert-OH is 1. The second kappa shape index (κ2) is 10.8. The largest absolute Gasteiger partial charge is 0.494 e. The van der Waals surface area contributed by atoms with Crippen LogP contribution in [0, 0.1) is 0 Å². The summed E-state index contributed by atoms with van der Waals surface area (Å²) in [4.78, 5) is 34.7. The van der Waals surface area contributed by atoms with Crippen LogP contribution in [0.2, 0.25) is 0 Å². The van der Waals surface area contributed by atoms with Gasteiger partial charge in [0.15, 0.2) is 11.6 Å². The quantitative estimate of drug-likeness (QED) is 0.263. The van der Waals surface area contributed by atoms with E-state index in [0.717, 1.165) is 11.1 Å². The third-order valence-corrected chi connectivity index (χ3v) is 7.23. The second-order valence-corrected chi connectivity index (χ2v) is 9.82. The van der Waals surface area contributed by atoms with E-state index in [9.17, 15) is 9.59 Å². The zero-order valence-corrected chi connectivity index (χ0v) is 21.8. The molecule has 0 radical (unpaired) electrons. The number of aliphatic hydroxyl groups is 1. The first kappa shape index (κ1) is 25.5. The second-order valence-electron chi connectivity index (χ2n) is 9.82. The van der Waals surface area contributed by atoms with Crippen molar-refractivity contribution in [2.45, 2.75) is 24.5 Å². The van der Waals surface area contributed by atoms with Gasteiger partial charge in [-0.3, -0.25) is 9.59 Å². The van der Waals surface area contributed by atoms with Crippen LogP contribution in [0.25, 0.3) is 0 Å². The average Bonchev–Trinajstić information content (AvgIpc) is 3.39. The van der Waals surface area contributed by atoms with E-state index in [2.05, 4.69) is 0 Å². The van der Waals surface area contributed by atoms with Crippen LogP contribution in [0.15, 0.2) is 114 Å². The SMILES string of the molecule is O=C(c1ccccc1)N1C(=O)C2(Cc3ccccc31)N=C(c1ccc(OCCCO)cc1)OC2c1ccccc1. The van der Waals surface area contributed by atoms with E-state index in [1.807, 2.05) is 78.9 Å². The number of anilines is 1. The van der Waals surface area contributed by atoms with E-state index in [1.165, 1.54) is 4.90 Å². The number of aliphatic imine (C=N–C) groups is 1. The van der Waals surface area contributed by atoms with Gasteiger partial charge in [-0.15, -0.1) is 0 Å². The van der Waals surface area contributed by atoms with Crippen molar-refractivity contribution in [3.05, 3.63) is 131 Å². The van der Waals surface area contributed by atoms with Crippen molar-refractivity contribution in [3.63, 3.8) is 0 Å². The van der Waals surface area contributed by atoms with Gasteiger partial charge >= 0.3 is 0 Å². The fourth-order valence-electron chi connectivity index (χ4n) is 5.28. The Morgan fingerprint density at radius 2 is 1.60 bits per heavy atom. The summed E-state index contributed by atoms with van der Waals surface area (Å²) < 4.78 is 12.2. The fourth-order valence-corrected chi connectivity index (χ4v) is 5.28. The Labute approximate surface area is 232 Å². The lowest BCUT2D eigenvalue weighted by molar-refractivity contribution is -0.126. The topological polar surface area (TPSA) is 88.4 Å². The minimum Gasteiger partial charge on any atom is -0.494 e. The fraction of sp³-hybridized carbons (Fsp3) is 0.182. The molecule has 0 bridgehead atoms. The summed E-state index contributed by atoms with van der Waals surface area (Å²) >= 11 is 0. The van der Waals surface area contributed by atoms with Crippen molar-refractivity contribution in [1.29, 1.82) is 0 Å². The van der Waals surface area contributed by atoms with Crippen LogP contribution in [-0.2, 0) is 16.0 Å². The van der Waals surface area contributed by atoms with Crippen molar-refractivity contribution in [2.75, 3.05) is 18.1 Å². The maximum absolute atomic E-state index is 14.6. The van der Waals surface area contributed by atoms with Gasteiger partial charge in [-0.2, -0.15) is 0 Å². The normalized spacial score (nSPS) is 19.6. The highest BCUT2D eigenvalue weighted by Crippen LogP contribution is 2.48. The lowest BCUT2D eigenvalue weighted by atomic mass is 9.78. The molecule has 0 saturated carbocycles. The van der Waals surface area contributed by atoms with E-state index in [1.54, 1.807) is 30.3 Å². The number of rotatable bonds is 7. The third-order valence-electron chi connectivity index (χ3n) is 7.23. The number of fused-ring (bicyclic) bond motifs is 1. The number of carbonyl (C=O) groups excluding carboxylic acids is 2. The molecule has 1 spiro atoms. The predicted octanol–water partition coefficient (Wildman–Crippen LogP) is 5.13. The molecule has 2 heterocycles. The number of imide groups is 1. The minimum atomic E-state index is -1.38. The Morgan fingerprint density at radius 3 is 2.33 bits per heavy atom. The molecule has 7 heteroatoms. The number of benzene rings is 4. The summed E-state index contributed by atoms with van der Waals surface area (Å²) in [5.41, 5.74) is 1.93. The predicted molar refractivity (Wildman–Crippen MR) is 152 cm³/mol. The summed E-state index contributed by atoms with van der Waals surface area (Å²) in [7, 11) is 0. The number of ether oxygens (including phenoxy) is 2. The molecule has 200 valence electrons. The van der Waals surface area contributed by atoms with Crippen LogP contribution in [0.3, 0.4) is 0 Å². The van der Waals surface area contributed by atoms with Gasteiger partial charge in [-0.1, -0.05) is 66.7 Å². The number of hydrogen-bond donors (Lipinski definition) is 1. The first-order valence-corrected chi connectivity index (χ1v) is 13.3. The molecule has 2 aliphatic heterocycles. The van der Waals surface area contributed by atoms with Crippen molar-refractivity contribution >= 4 is 23.4 Å². The number of hydrogen-bond acceptors (Lipinski definition) is 6.